The Morgan fingerprint density at radius 2 is 2.00 bits per heavy atom. The number of halogens is 1. The number of aromatic nitrogens is 9. The molecule has 0 atom stereocenters. The van der Waals surface area contributed by atoms with E-state index in [9.17, 15) is 4.79 Å². The Kier molecular flexibility index (Phi) is 5.21. The van der Waals surface area contributed by atoms with Gasteiger partial charge in [0.2, 0.25) is 5.91 Å². The standard InChI is InChI=1S/C25H21FN10O/c1-12(2)25(37)31-15-6-14(7-27-8-15)20-19(26)18-16(9-29-20)34-35-22(18)24-32-21-17(4-5-28-23(21)33-24)36-10-13(3)30-11-36/h4-12H,1-3H3,(H,31,37)(H,34,35)(H,28,32,33). The zero-order chi connectivity index (χ0) is 25.7. The van der Waals surface area contributed by atoms with Crippen molar-refractivity contribution >= 4 is 33.7 Å². The van der Waals surface area contributed by atoms with E-state index >= 15 is 4.39 Å². The minimum Gasteiger partial charge on any atom is -0.324 e. The molecule has 37 heavy (non-hydrogen) atoms. The van der Waals surface area contributed by atoms with Gasteiger partial charge in [-0.1, -0.05) is 13.8 Å². The Bertz CT molecular complexity index is 1800. The maximum Gasteiger partial charge on any atom is 0.226 e. The van der Waals surface area contributed by atoms with Gasteiger partial charge >= 0.3 is 0 Å². The quantitative estimate of drug-likeness (QED) is 0.325. The van der Waals surface area contributed by atoms with Gasteiger partial charge in [0.15, 0.2) is 17.3 Å². The SMILES string of the molecule is Cc1cn(-c2ccnc3[nH]c(-c4n[nH]c5cnc(-c6cncc(NC(=O)C(C)C)c6)c(F)c45)nc23)cn1. The van der Waals surface area contributed by atoms with Gasteiger partial charge in [0, 0.05) is 30.1 Å². The van der Waals surface area contributed by atoms with E-state index in [1.807, 2.05) is 23.8 Å². The second-order valence-electron chi connectivity index (χ2n) is 8.92. The highest BCUT2D eigenvalue weighted by Gasteiger charge is 2.22. The van der Waals surface area contributed by atoms with Gasteiger partial charge in [0.25, 0.3) is 0 Å². The summed E-state index contributed by atoms with van der Waals surface area (Å²) in [5.41, 5.74) is 4.41. The third-order valence-corrected chi connectivity index (χ3v) is 5.93. The van der Waals surface area contributed by atoms with Crippen molar-refractivity contribution in [2.75, 3.05) is 5.32 Å². The minimum absolute atomic E-state index is 0.0760. The van der Waals surface area contributed by atoms with E-state index in [0.717, 1.165) is 11.4 Å². The lowest BCUT2D eigenvalue weighted by molar-refractivity contribution is -0.118. The number of nitrogens with one attached hydrogen (secondary N) is 3. The van der Waals surface area contributed by atoms with Gasteiger partial charge < -0.3 is 14.9 Å². The van der Waals surface area contributed by atoms with Gasteiger partial charge in [0.05, 0.1) is 46.7 Å². The zero-order valence-electron chi connectivity index (χ0n) is 20.1. The van der Waals surface area contributed by atoms with Crippen LogP contribution in [0.4, 0.5) is 10.1 Å². The van der Waals surface area contributed by atoms with Crippen LogP contribution < -0.4 is 5.32 Å². The molecule has 0 fully saturated rings. The molecule has 11 nitrogen and oxygen atoms in total. The Labute approximate surface area is 209 Å². The molecule has 6 aromatic rings. The predicted octanol–water partition coefficient (Wildman–Crippen LogP) is 4.19. The summed E-state index contributed by atoms with van der Waals surface area (Å²) in [6, 6.07) is 3.46. The first kappa shape index (κ1) is 22.5. The van der Waals surface area contributed by atoms with Gasteiger partial charge in [-0.05, 0) is 19.1 Å². The topological polar surface area (TPSA) is 143 Å². The molecule has 0 spiro atoms. The summed E-state index contributed by atoms with van der Waals surface area (Å²) >= 11 is 0. The smallest absolute Gasteiger partial charge is 0.226 e. The van der Waals surface area contributed by atoms with Crippen LogP contribution in [0.3, 0.4) is 0 Å². The van der Waals surface area contributed by atoms with Crippen LogP contribution in [0.15, 0.2) is 49.4 Å². The third kappa shape index (κ3) is 3.88. The third-order valence-electron chi connectivity index (χ3n) is 5.93. The van der Waals surface area contributed by atoms with E-state index in [4.69, 9.17) is 4.98 Å². The maximum atomic E-state index is 16.0. The number of aryl methyl sites for hydroxylation is 1. The van der Waals surface area contributed by atoms with Gasteiger partial charge in [-0.3, -0.25) is 19.9 Å². The van der Waals surface area contributed by atoms with Gasteiger partial charge in [-0.2, -0.15) is 5.10 Å². The lowest BCUT2D eigenvalue weighted by Crippen LogP contribution is -2.17. The number of carbonyl (C=O) groups excluding carboxylic acids is 1. The average molecular weight is 497 g/mol. The summed E-state index contributed by atoms with van der Waals surface area (Å²) in [7, 11) is 0. The van der Waals surface area contributed by atoms with Crippen LogP contribution in [0.25, 0.3) is 50.5 Å². The number of H-pyrrole nitrogens is 2. The number of amides is 1. The van der Waals surface area contributed by atoms with Crippen molar-refractivity contribution < 1.29 is 9.18 Å². The van der Waals surface area contributed by atoms with Crippen LogP contribution >= 0.6 is 0 Å². The molecule has 0 saturated carbocycles. The van der Waals surface area contributed by atoms with E-state index in [0.29, 0.717) is 39.4 Å². The normalized spacial score (nSPS) is 11.6. The lowest BCUT2D eigenvalue weighted by Gasteiger charge is -2.09. The largest absolute Gasteiger partial charge is 0.324 e. The zero-order valence-corrected chi connectivity index (χ0v) is 20.1. The molecular weight excluding hydrogens is 475 g/mol. The summed E-state index contributed by atoms with van der Waals surface area (Å²) in [5.74, 6) is -0.608. The maximum absolute atomic E-state index is 16.0. The lowest BCUT2D eigenvalue weighted by atomic mass is 10.1. The molecule has 1 amide bonds. The minimum atomic E-state index is -0.589. The highest BCUT2D eigenvalue weighted by atomic mass is 19.1. The molecule has 6 aromatic heterocycles. The Morgan fingerprint density at radius 1 is 1.14 bits per heavy atom. The number of hydrogen-bond acceptors (Lipinski definition) is 7. The number of carbonyl (C=O) groups is 1. The Morgan fingerprint density at radius 3 is 2.78 bits per heavy atom. The fourth-order valence-corrected chi connectivity index (χ4v) is 4.04. The first-order chi connectivity index (χ1) is 17.9. The number of fused-ring (bicyclic) bond motifs is 2. The van der Waals surface area contributed by atoms with E-state index in [2.05, 4.69) is 40.4 Å². The molecule has 184 valence electrons. The van der Waals surface area contributed by atoms with Gasteiger partial charge in [0.1, 0.15) is 16.9 Å². The van der Waals surface area contributed by atoms with Crippen molar-refractivity contribution in [2.24, 2.45) is 5.92 Å². The second-order valence-corrected chi connectivity index (χ2v) is 8.92. The second kappa shape index (κ2) is 8.59. The molecule has 0 radical (unpaired) electrons. The molecule has 0 aliphatic rings. The monoisotopic (exact) mass is 496 g/mol. The predicted molar refractivity (Wildman–Crippen MR) is 135 cm³/mol. The summed E-state index contributed by atoms with van der Waals surface area (Å²) in [4.78, 5) is 37.0. The molecule has 3 N–H and O–H groups in total. The average Bonchev–Trinajstić information content (AvgIpc) is 3.62. The molecule has 0 aromatic carbocycles. The van der Waals surface area contributed by atoms with E-state index in [-0.39, 0.29) is 22.9 Å². The number of rotatable bonds is 5. The Balaban J connectivity index is 1.45. The van der Waals surface area contributed by atoms with Crippen LogP contribution in [0.5, 0.6) is 0 Å². The molecule has 0 aliphatic carbocycles. The van der Waals surface area contributed by atoms with Crippen LogP contribution in [0, 0.1) is 18.7 Å². The van der Waals surface area contributed by atoms with Crippen molar-refractivity contribution in [3.63, 3.8) is 0 Å². The number of anilines is 1. The van der Waals surface area contributed by atoms with E-state index < -0.39 is 5.82 Å². The molecule has 6 heterocycles. The number of pyridine rings is 3. The van der Waals surface area contributed by atoms with Crippen molar-refractivity contribution in [3.8, 4) is 28.5 Å². The van der Waals surface area contributed by atoms with Crippen LogP contribution in [-0.2, 0) is 4.79 Å². The summed E-state index contributed by atoms with van der Waals surface area (Å²) in [5, 5.41) is 10.2. The van der Waals surface area contributed by atoms with Gasteiger partial charge in [-0.25, -0.2) is 19.3 Å². The molecule has 0 unspecified atom stereocenters. The summed E-state index contributed by atoms with van der Waals surface area (Å²) < 4.78 is 17.8. The molecule has 0 saturated heterocycles. The summed E-state index contributed by atoms with van der Waals surface area (Å²) in [6.45, 7) is 5.48. The van der Waals surface area contributed by atoms with Crippen molar-refractivity contribution in [2.45, 2.75) is 20.8 Å². The van der Waals surface area contributed by atoms with Gasteiger partial charge in [-0.15, -0.1) is 0 Å². The van der Waals surface area contributed by atoms with Crippen molar-refractivity contribution in [3.05, 3.63) is 61.0 Å². The molecule has 12 heteroatoms. The van der Waals surface area contributed by atoms with Crippen molar-refractivity contribution in [1.82, 2.24) is 44.7 Å². The number of hydrogen-bond donors (Lipinski definition) is 3. The first-order valence-electron chi connectivity index (χ1n) is 11.5. The highest BCUT2D eigenvalue weighted by Crippen LogP contribution is 2.33. The molecular formula is C25H21FN10O. The Hall–Kier alpha value is -5.00. The number of imidazole rings is 2. The van der Waals surface area contributed by atoms with Crippen LogP contribution in [0.2, 0.25) is 0 Å². The van der Waals surface area contributed by atoms with Crippen LogP contribution in [-0.4, -0.2) is 50.6 Å². The molecule has 6 rings (SSSR count). The molecule has 0 bridgehead atoms. The number of nitrogens with zero attached hydrogens (tertiary/aromatic N) is 7. The fraction of sp³-hybridized carbons (Fsp3) is 0.160. The molecule has 0 aliphatic heterocycles. The van der Waals surface area contributed by atoms with Crippen LogP contribution in [0.1, 0.15) is 19.5 Å². The fourth-order valence-electron chi connectivity index (χ4n) is 4.04. The van der Waals surface area contributed by atoms with E-state index in [1.165, 1.54) is 18.6 Å². The number of aromatic amines is 2. The van der Waals surface area contributed by atoms with Crippen molar-refractivity contribution in [1.29, 1.82) is 0 Å². The first-order valence-corrected chi connectivity index (χ1v) is 11.5. The highest BCUT2D eigenvalue weighted by molar-refractivity contribution is 5.96. The summed E-state index contributed by atoms with van der Waals surface area (Å²) in [6.07, 6.45) is 9.75. The van der Waals surface area contributed by atoms with E-state index in [1.54, 1.807) is 32.4 Å².